The molecule has 0 amide bonds. The molecule has 94 valence electrons. The van der Waals surface area contributed by atoms with Crippen molar-refractivity contribution in [3.05, 3.63) is 36.2 Å². The first-order valence-electron chi connectivity index (χ1n) is 5.30. The van der Waals surface area contributed by atoms with Crippen LogP contribution in [-0.4, -0.2) is 11.6 Å². The van der Waals surface area contributed by atoms with Crippen molar-refractivity contribution in [2.45, 2.75) is 25.9 Å². The molecule has 0 saturated carbocycles. The first-order chi connectivity index (χ1) is 7.95. The van der Waals surface area contributed by atoms with Gasteiger partial charge in [-0.1, -0.05) is 19.9 Å². The average Bonchev–Trinajstić information content (AvgIpc) is 2.28. The van der Waals surface area contributed by atoms with Crippen molar-refractivity contribution in [3.63, 3.8) is 0 Å². The highest BCUT2D eigenvalue weighted by atomic mass is 19.4. The van der Waals surface area contributed by atoms with Crippen LogP contribution in [-0.2, 0) is 10.9 Å². The third-order valence-electron chi connectivity index (χ3n) is 2.15. The van der Waals surface area contributed by atoms with E-state index in [-0.39, 0.29) is 0 Å². The zero-order chi connectivity index (χ0) is 12.9. The van der Waals surface area contributed by atoms with Gasteiger partial charge in [-0.15, -0.1) is 0 Å². The van der Waals surface area contributed by atoms with Crippen molar-refractivity contribution >= 4 is 5.76 Å². The molecule has 0 aliphatic carbocycles. The van der Waals surface area contributed by atoms with Gasteiger partial charge in [-0.05, 0) is 18.6 Å². The summed E-state index contributed by atoms with van der Waals surface area (Å²) in [5, 5.41) is 0. The van der Waals surface area contributed by atoms with E-state index in [1.165, 1.54) is 6.07 Å². The van der Waals surface area contributed by atoms with Crippen LogP contribution in [0.1, 0.15) is 31.0 Å². The molecule has 2 nitrogen and oxygen atoms in total. The fourth-order valence-corrected chi connectivity index (χ4v) is 1.14. The Morgan fingerprint density at radius 2 is 2.12 bits per heavy atom. The van der Waals surface area contributed by atoms with Crippen LogP contribution in [0.3, 0.4) is 0 Å². The Labute approximate surface area is 98.1 Å². The second kappa shape index (κ2) is 5.70. The fourth-order valence-electron chi connectivity index (χ4n) is 1.14. The SMILES string of the molecule is C=C(OCCCC)c1ccc(C(F)(F)F)cn1. The van der Waals surface area contributed by atoms with Crippen molar-refractivity contribution in [3.8, 4) is 0 Å². The Morgan fingerprint density at radius 3 is 2.59 bits per heavy atom. The first kappa shape index (κ1) is 13.5. The van der Waals surface area contributed by atoms with Gasteiger partial charge in [-0.2, -0.15) is 13.2 Å². The third-order valence-corrected chi connectivity index (χ3v) is 2.15. The molecule has 5 heteroatoms. The number of ether oxygens (including phenoxy) is 1. The second-order valence-corrected chi connectivity index (χ2v) is 3.56. The molecule has 1 rings (SSSR count). The summed E-state index contributed by atoms with van der Waals surface area (Å²) in [4.78, 5) is 3.68. The summed E-state index contributed by atoms with van der Waals surface area (Å²) < 4.78 is 42.1. The van der Waals surface area contributed by atoms with Crippen LogP contribution in [0.2, 0.25) is 0 Å². The van der Waals surface area contributed by atoms with Crippen LogP contribution in [0.4, 0.5) is 13.2 Å². The van der Waals surface area contributed by atoms with Crippen LogP contribution < -0.4 is 0 Å². The van der Waals surface area contributed by atoms with Crippen LogP contribution >= 0.6 is 0 Å². The van der Waals surface area contributed by atoms with E-state index in [0.717, 1.165) is 25.1 Å². The zero-order valence-corrected chi connectivity index (χ0v) is 9.55. The van der Waals surface area contributed by atoms with Gasteiger partial charge in [0.15, 0.2) is 0 Å². The molecule has 1 aromatic rings. The van der Waals surface area contributed by atoms with Crippen molar-refractivity contribution in [2.75, 3.05) is 6.61 Å². The molecule has 0 radical (unpaired) electrons. The lowest BCUT2D eigenvalue weighted by Gasteiger charge is -2.09. The first-order valence-corrected chi connectivity index (χ1v) is 5.30. The summed E-state index contributed by atoms with van der Waals surface area (Å²) in [5.41, 5.74) is -0.447. The van der Waals surface area contributed by atoms with Gasteiger partial charge in [0.1, 0.15) is 11.5 Å². The van der Waals surface area contributed by atoms with Crippen molar-refractivity contribution in [1.29, 1.82) is 0 Å². The number of alkyl halides is 3. The molecule has 0 fully saturated rings. The Balaban J connectivity index is 2.64. The van der Waals surface area contributed by atoms with Gasteiger partial charge in [0.05, 0.1) is 12.2 Å². The molecule has 0 unspecified atom stereocenters. The summed E-state index contributed by atoms with van der Waals surface area (Å²) >= 11 is 0. The summed E-state index contributed by atoms with van der Waals surface area (Å²) in [7, 11) is 0. The topological polar surface area (TPSA) is 22.1 Å². The molecule has 0 saturated heterocycles. The lowest BCUT2D eigenvalue weighted by molar-refractivity contribution is -0.137. The highest BCUT2D eigenvalue weighted by molar-refractivity contribution is 5.53. The van der Waals surface area contributed by atoms with E-state index in [9.17, 15) is 13.2 Å². The van der Waals surface area contributed by atoms with Gasteiger partial charge in [-0.3, -0.25) is 4.98 Å². The number of hydrogen-bond acceptors (Lipinski definition) is 2. The maximum Gasteiger partial charge on any atom is 0.417 e. The Morgan fingerprint density at radius 1 is 1.41 bits per heavy atom. The van der Waals surface area contributed by atoms with Crippen molar-refractivity contribution in [2.24, 2.45) is 0 Å². The van der Waals surface area contributed by atoms with E-state index in [0.29, 0.717) is 18.1 Å². The molecule has 0 aromatic carbocycles. The van der Waals surface area contributed by atoms with Gasteiger partial charge in [0.25, 0.3) is 0 Å². The maximum atomic E-state index is 12.3. The number of unbranched alkanes of at least 4 members (excludes halogenated alkanes) is 1. The normalized spacial score (nSPS) is 11.3. The van der Waals surface area contributed by atoms with Gasteiger partial charge < -0.3 is 4.74 Å². The fraction of sp³-hybridized carbons (Fsp3) is 0.417. The molecule has 17 heavy (non-hydrogen) atoms. The lowest BCUT2D eigenvalue weighted by atomic mass is 10.2. The number of hydrogen-bond donors (Lipinski definition) is 0. The zero-order valence-electron chi connectivity index (χ0n) is 9.55. The molecule has 0 aliphatic rings. The van der Waals surface area contributed by atoms with Gasteiger partial charge in [-0.25, -0.2) is 0 Å². The molecule has 0 N–H and O–H groups in total. The molecular formula is C12H14F3NO. The van der Waals surface area contributed by atoms with Crippen LogP contribution in [0.5, 0.6) is 0 Å². The molecule has 0 atom stereocenters. The molecule has 0 aliphatic heterocycles. The predicted octanol–water partition coefficient (Wildman–Crippen LogP) is 3.89. The molecular weight excluding hydrogens is 231 g/mol. The lowest BCUT2D eigenvalue weighted by Crippen LogP contribution is -2.06. The van der Waals surface area contributed by atoms with E-state index in [1.807, 2.05) is 6.92 Å². The third kappa shape index (κ3) is 4.09. The number of pyridine rings is 1. The van der Waals surface area contributed by atoms with Gasteiger partial charge in [0, 0.05) is 6.20 Å². The van der Waals surface area contributed by atoms with E-state index in [2.05, 4.69) is 11.6 Å². The number of aromatic nitrogens is 1. The van der Waals surface area contributed by atoms with Crippen molar-refractivity contribution in [1.82, 2.24) is 4.98 Å². The van der Waals surface area contributed by atoms with E-state index >= 15 is 0 Å². The summed E-state index contributed by atoms with van der Waals surface area (Å²) in [6.45, 7) is 6.14. The predicted molar refractivity (Wildman–Crippen MR) is 59.1 cm³/mol. The van der Waals surface area contributed by atoms with Crippen LogP contribution in [0, 0.1) is 0 Å². The van der Waals surface area contributed by atoms with E-state index in [4.69, 9.17) is 4.74 Å². The highest BCUT2D eigenvalue weighted by Gasteiger charge is 2.30. The molecule has 0 spiro atoms. The second-order valence-electron chi connectivity index (χ2n) is 3.56. The van der Waals surface area contributed by atoms with E-state index in [1.54, 1.807) is 0 Å². The molecule has 1 aromatic heterocycles. The average molecular weight is 245 g/mol. The standard InChI is InChI=1S/C12H14F3NO/c1-3-4-7-17-9(2)11-6-5-10(8-16-11)12(13,14)15/h5-6,8H,2-4,7H2,1H3. The van der Waals surface area contributed by atoms with Gasteiger partial charge in [0.2, 0.25) is 0 Å². The number of nitrogens with zero attached hydrogens (tertiary/aromatic N) is 1. The largest absolute Gasteiger partial charge is 0.492 e. The van der Waals surface area contributed by atoms with Gasteiger partial charge >= 0.3 is 6.18 Å². The summed E-state index contributed by atoms with van der Waals surface area (Å²) in [6, 6.07) is 2.23. The van der Waals surface area contributed by atoms with E-state index < -0.39 is 11.7 Å². The van der Waals surface area contributed by atoms with Crippen LogP contribution in [0.15, 0.2) is 24.9 Å². The summed E-state index contributed by atoms with van der Waals surface area (Å²) in [5.74, 6) is 0.298. The molecule has 1 heterocycles. The van der Waals surface area contributed by atoms with Crippen LogP contribution in [0.25, 0.3) is 5.76 Å². The smallest absolute Gasteiger partial charge is 0.417 e. The quantitative estimate of drug-likeness (QED) is 0.580. The Kier molecular flexibility index (Phi) is 4.54. The monoisotopic (exact) mass is 245 g/mol. The van der Waals surface area contributed by atoms with Crippen molar-refractivity contribution < 1.29 is 17.9 Å². The Hall–Kier alpha value is -1.52. The maximum absolute atomic E-state index is 12.3. The summed E-state index contributed by atoms with van der Waals surface area (Å²) in [6.07, 6.45) is -1.73. The number of rotatable bonds is 5. The molecule has 0 bridgehead atoms. The minimum atomic E-state index is -4.37. The minimum absolute atomic E-state index is 0.298. The number of halogens is 3. The Bertz CT molecular complexity index is 370. The minimum Gasteiger partial charge on any atom is -0.492 e. The highest BCUT2D eigenvalue weighted by Crippen LogP contribution is 2.28.